The molecule has 2 aromatic carbocycles. The van der Waals surface area contributed by atoms with Gasteiger partial charge in [-0.25, -0.2) is 0 Å². The van der Waals surface area contributed by atoms with Crippen molar-refractivity contribution >= 4 is 33.4 Å². The Bertz CT molecular complexity index is 1100. The second-order valence-corrected chi connectivity index (χ2v) is 8.61. The topological polar surface area (TPSA) is 97.8 Å². The standard InChI is InChI=1S/C24H24BrN3O4/c25-17-6-8-19(9-7-17)31-15-20-10-11-22(32-20)24(30)27-18-4-1-3-16(13-18)14-28-12-2-5-21(28)23(26)29/h1,3-4,6-11,13,21H,2,5,12,14-15H2,(H2,26,29)(H,27,30). The minimum absolute atomic E-state index is 0.207. The van der Waals surface area contributed by atoms with Gasteiger partial charge in [-0.15, -0.1) is 0 Å². The highest BCUT2D eigenvalue weighted by atomic mass is 79.9. The molecule has 1 saturated heterocycles. The molecule has 0 spiro atoms. The molecule has 1 aliphatic heterocycles. The molecule has 0 radical (unpaired) electrons. The molecule has 2 heterocycles. The van der Waals surface area contributed by atoms with Gasteiger partial charge in [-0.3, -0.25) is 14.5 Å². The van der Waals surface area contributed by atoms with Crippen LogP contribution in [-0.4, -0.2) is 29.3 Å². The first kappa shape index (κ1) is 22.1. The number of nitrogens with one attached hydrogen (secondary N) is 1. The highest BCUT2D eigenvalue weighted by Gasteiger charge is 2.28. The third-order valence-corrected chi connectivity index (χ3v) is 5.87. The SMILES string of the molecule is NC(=O)C1CCCN1Cc1cccc(NC(=O)c2ccc(COc3ccc(Br)cc3)o2)c1. The van der Waals surface area contributed by atoms with E-state index in [1.165, 1.54) is 0 Å². The summed E-state index contributed by atoms with van der Waals surface area (Å²) in [5.74, 6) is 0.846. The molecule has 32 heavy (non-hydrogen) atoms. The van der Waals surface area contributed by atoms with Crippen LogP contribution < -0.4 is 15.8 Å². The number of carbonyl (C=O) groups is 2. The number of ether oxygens (including phenoxy) is 1. The van der Waals surface area contributed by atoms with Crippen molar-refractivity contribution in [3.63, 3.8) is 0 Å². The fraction of sp³-hybridized carbons (Fsp3) is 0.250. The zero-order chi connectivity index (χ0) is 22.5. The zero-order valence-electron chi connectivity index (χ0n) is 17.4. The maximum atomic E-state index is 12.6. The highest BCUT2D eigenvalue weighted by molar-refractivity contribution is 9.10. The van der Waals surface area contributed by atoms with Gasteiger partial charge in [0.2, 0.25) is 5.91 Å². The number of hydrogen-bond donors (Lipinski definition) is 2. The predicted molar refractivity (Wildman–Crippen MR) is 124 cm³/mol. The number of rotatable bonds is 8. The number of nitrogens with zero attached hydrogens (tertiary/aromatic N) is 1. The van der Waals surface area contributed by atoms with Crippen molar-refractivity contribution in [1.29, 1.82) is 0 Å². The summed E-state index contributed by atoms with van der Waals surface area (Å²) in [5.41, 5.74) is 7.16. The molecule has 3 N–H and O–H groups in total. The number of likely N-dealkylation sites (tertiary alicyclic amines) is 1. The second-order valence-electron chi connectivity index (χ2n) is 7.69. The minimum atomic E-state index is -0.340. The Morgan fingerprint density at radius 2 is 1.97 bits per heavy atom. The first-order valence-electron chi connectivity index (χ1n) is 10.4. The van der Waals surface area contributed by atoms with Crippen LogP contribution in [0.4, 0.5) is 5.69 Å². The first-order valence-corrected chi connectivity index (χ1v) is 11.2. The quantitative estimate of drug-likeness (QED) is 0.482. The monoisotopic (exact) mass is 497 g/mol. The minimum Gasteiger partial charge on any atom is -0.486 e. The average Bonchev–Trinajstić information content (AvgIpc) is 3.43. The first-order chi connectivity index (χ1) is 15.5. The molecule has 1 aromatic heterocycles. The van der Waals surface area contributed by atoms with E-state index in [-0.39, 0.29) is 30.2 Å². The fourth-order valence-electron chi connectivity index (χ4n) is 3.78. The van der Waals surface area contributed by atoms with Crippen LogP contribution in [0.3, 0.4) is 0 Å². The number of benzene rings is 2. The Kier molecular flexibility index (Phi) is 6.92. The van der Waals surface area contributed by atoms with Crippen LogP contribution in [0.25, 0.3) is 0 Å². The lowest BCUT2D eigenvalue weighted by Gasteiger charge is -2.22. The molecule has 1 fully saturated rings. The molecule has 1 aliphatic rings. The van der Waals surface area contributed by atoms with E-state index in [2.05, 4.69) is 26.1 Å². The van der Waals surface area contributed by atoms with Crippen LogP contribution in [0.1, 0.15) is 34.7 Å². The molecule has 2 amide bonds. The summed E-state index contributed by atoms with van der Waals surface area (Å²) < 4.78 is 12.3. The molecular formula is C24H24BrN3O4. The van der Waals surface area contributed by atoms with E-state index in [0.717, 1.165) is 29.4 Å². The van der Waals surface area contributed by atoms with E-state index < -0.39 is 0 Å². The van der Waals surface area contributed by atoms with Crippen molar-refractivity contribution in [3.8, 4) is 5.75 Å². The molecular weight excluding hydrogens is 474 g/mol. The van der Waals surface area contributed by atoms with Crippen molar-refractivity contribution in [3.05, 3.63) is 82.2 Å². The molecule has 1 unspecified atom stereocenters. The lowest BCUT2D eigenvalue weighted by atomic mass is 10.1. The van der Waals surface area contributed by atoms with E-state index in [1.807, 2.05) is 48.5 Å². The Hall–Kier alpha value is -3.10. The number of halogens is 1. The summed E-state index contributed by atoms with van der Waals surface area (Å²) in [7, 11) is 0. The largest absolute Gasteiger partial charge is 0.486 e. The summed E-state index contributed by atoms with van der Waals surface area (Å²) >= 11 is 3.38. The Balaban J connectivity index is 1.34. The number of hydrogen-bond acceptors (Lipinski definition) is 5. The molecule has 0 saturated carbocycles. The Morgan fingerprint density at radius 1 is 1.16 bits per heavy atom. The van der Waals surface area contributed by atoms with Gasteiger partial charge in [-0.2, -0.15) is 0 Å². The van der Waals surface area contributed by atoms with Crippen LogP contribution in [0.2, 0.25) is 0 Å². The lowest BCUT2D eigenvalue weighted by Crippen LogP contribution is -2.39. The average molecular weight is 498 g/mol. The summed E-state index contributed by atoms with van der Waals surface area (Å²) in [6, 6.07) is 18.2. The molecule has 166 valence electrons. The van der Waals surface area contributed by atoms with Gasteiger partial charge in [0.1, 0.15) is 18.1 Å². The second kappa shape index (κ2) is 10.0. The highest BCUT2D eigenvalue weighted by Crippen LogP contribution is 2.22. The Labute approximate surface area is 194 Å². The maximum Gasteiger partial charge on any atom is 0.291 e. The molecule has 3 aromatic rings. The van der Waals surface area contributed by atoms with E-state index in [4.69, 9.17) is 14.9 Å². The zero-order valence-corrected chi connectivity index (χ0v) is 19.0. The normalized spacial score (nSPS) is 16.1. The smallest absolute Gasteiger partial charge is 0.291 e. The van der Waals surface area contributed by atoms with Gasteiger partial charge in [0.15, 0.2) is 5.76 Å². The summed E-state index contributed by atoms with van der Waals surface area (Å²) in [5, 5.41) is 2.86. The molecule has 8 heteroatoms. The number of primary amides is 1. The molecule has 0 bridgehead atoms. The number of carbonyl (C=O) groups excluding carboxylic acids is 2. The van der Waals surface area contributed by atoms with Gasteiger partial charge >= 0.3 is 0 Å². The summed E-state index contributed by atoms with van der Waals surface area (Å²) in [4.78, 5) is 26.3. The number of nitrogens with two attached hydrogens (primary N) is 1. The van der Waals surface area contributed by atoms with Gasteiger partial charge < -0.3 is 20.2 Å². The third-order valence-electron chi connectivity index (χ3n) is 5.34. The maximum absolute atomic E-state index is 12.6. The number of furan rings is 1. The molecule has 1 atom stereocenters. The van der Waals surface area contributed by atoms with Crippen molar-refractivity contribution in [2.45, 2.75) is 32.0 Å². The van der Waals surface area contributed by atoms with Crippen molar-refractivity contribution < 1.29 is 18.7 Å². The fourth-order valence-corrected chi connectivity index (χ4v) is 4.04. The van der Waals surface area contributed by atoms with Crippen molar-refractivity contribution in [2.24, 2.45) is 5.73 Å². The summed E-state index contributed by atoms with van der Waals surface area (Å²) in [6.45, 7) is 1.67. The third kappa shape index (κ3) is 5.57. The van der Waals surface area contributed by atoms with E-state index in [9.17, 15) is 9.59 Å². The predicted octanol–water partition coefficient (Wildman–Crippen LogP) is 4.32. The van der Waals surface area contributed by atoms with Crippen molar-refractivity contribution in [2.75, 3.05) is 11.9 Å². The van der Waals surface area contributed by atoms with Gasteiger partial charge in [0.25, 0.3) is 5.91 Å². The van der Waals surface area contributed by atoms with Gasteiger partial charge in [-0.1, -0.05) is 28.1 Å². The molecule has 7 nitrogen and oxygen atoms in total. The van der Waals surface area contributed by atoms with Crippen LogP contribution in [0.5, 0.6) is 5.75 Å². The summed E-state index contributed by atoms with van der Waals surface area (Å²) in [6.07, 6.45) is 1.74. The number of anilines is 1. The van der Waals surface area contributed by atoms with Crippen LogP contribution in [0.15, 0.2) is 69.6 Å². The van der Waals surface area contributed by atoms with Crippen LogP contribution in [0, 0.1) is 0 Å². The van der Waals surface area contributed by atoms with Crippen molar-refractivity contribution in [1.82, 2.24) is 4.90 Å². The van der Waals surface area contributed by atoms with Gasteiger partial charge in [0, 0.05) is 16.7 Å². The number of amides is 2. The van der Waals surface area contributed by atoms with E-state index in [1.54, 1.807) is 12.1 Å². The van der Waals surface area contributed by atoms with E-state index in [0.29, 0.717) is 23.7 Å². The van der Waals surface area contributed by atoms with Crippen LogP contribution in [-0.2, 0) is 17.9 Å². The lowest BCUT2D eigenvalue weighted by molar-refractivity contribution is -0.122. The van der Waals surface area contributed by atoms with Crippen LogP contribution >= 0.6 is 15.9 Å². The van der Waals surface area contributed by atoms with E-state index >= 15 is 0 Å². The van der Waals surface area contributed by atoms with Gasteiger partial charge in [0.05, 0.1) is 6.04 Å². The molecule has 0 aliphatic carbocycles. The molecule has 4 rings (SSSR count). The van der Waals surface area contributed by atoms with Gasteiger partial charge in [-0.05, 0) is 73.5 Å². The Morgan fingerprint density at radius 3 is 2.75 bits per heavy atom.